The Kier molecular flexibility index (Phi) is 3.55. The molecule has 0 atom stereocenters. The molecule has 2 aliphatic rings. The molecule has 0 aliphatic carbocycles. The summed E-state index contributed by atoms with van der Waals surface area (Å²) in [5.41, 5.74) is 3.14. The molecule has 7 heteroatoms. The molecule has 0 N–H and O–H groups in total. The Balaban J connectivity index is 1.93. The van der Waals surface area contributed by atoms with Crippen LogP contribution in [0.4, 0.5) is 11.4 Å². The van der Waals surface area contributed by atoms with Crippen molar-refractivity contribution in [1.82, 2.24) is 0 Å². The smallest absolute Gasteiger partial charge is 0.266 e. The van der Waals surface area contributed by atoms with E-state index in [1.807, 2.05) is 36.4 Å². The molecule has 0 saturated heterocycles. The van der Waals surface area contributed by atoms with Crippen LogP contribution in [0.25, 0.3) is 10.8 Å². The fourth-order valence-corrected chi connectivity index (χ4v) is 5.85. The predicted molar refractivity (Wildman–Crippen MR) is 114 cm³/mol. The van der Waals surface area contributed by atoms with Crippen LogP contribution in [0.5, 0.6) is 0 Å². The van der Waals surface area contributed by atoms with Gasteiger partial charge < -0.3 is 0 Å². The fourth-order valence-electron chi connectivity index (χ4n) is 3.39. The van der Waals surface area contributed by atoms with Gasteiger partial charge in [0.2, 0.25) is 0 Å². The van der Waals surface area contributed by atoms with E-state index in [1.54, 1.807) is 4.90 Å². The number of rotatable bonds is 0. The van der Waals surface area contributed by atoms with Crippen molar-refractivity contribution in [3.05, 3.63) is 65.4 Å². The number of halogens is 4. The Bertz CT molecular complexity index is 1160. The predicted octanol–water partition coefficient (Wildman–Crippen LogP) is 6.94. The lowest BCUT2D eigenvalue weighted by atomic mass is 10.0. The number of fused-ring (bicyclic) bond motifs is 4. The van der Waals surface area contributed by atoms with Crippen LogP contribution in [0.1, 0.15) is 15.9 Å². The summed E-state index contributed by atoms with van der Waals surface area (Å²) in [5.74, 6) is 0.559. The van der Waals surface area contributed by atoms with Crippen LogP contribution in [-0.4, -0.2) is 11.7 Å². The second-order valence-electron chi connectivity index (χ2n) is 5.73. The van der Waals surface area contributed by atoms with Gasteiger partial charge in [-0.15, -0.1) is 0 Å². The molecule has 2 heterocycles. The van der Waals surface area contributed by atoms with Crippen molar-refractivity contribution < 1.29 is 4.79 Å². The largest absolute Gasteiger partial charge is 0.268 e. The Morgan fingerprint density at radius 2 is 1.44 bits per heavy atom. The van der Waals surface area contributed by atoms with Gasteiger partial charge in [-0.3, -0.25) is 9.69 Å². The summed E-state index contributed by atoms with van der Waals surface area (Å²) in [6, 6.07) is 12.0. The number of benzene rings is 3. The number of aliphatic imine (C=N–C) groups is 1. The first-order valence-electron chi connectivity index (χ1n) is 7.32. The van der Waals surface area contributed by atoms with Gasteiger partial charge in [-0.2, -0.15) is 0 Å². The molecule has 3 nitrogen and oxygen atoms in total. The van der Waals surface area contributed by atoms with Crippen LogP contribution in [0.3, 0.4) is 0 Å². The first-order chi connectivity index (χ1) is 12.0. The SMILES string of the molecule is O=C1c2c(Br)c(Br)c(Br)c(Br)c2C2=Nc3cccc4cccc(c34)N12. The van der Waals surface area contributed by atoms with Gasteiger partial charge >= 0.3 is 0 Å². The molecule has 0 bridgehead atoms. The van der Waals surface area contributed by atoms with Crippen molar-refractivity contribution in [3.8, 4) is 0 Å². The van der Waals surface area contributed by atoms with Gasteiger partial charge in [0.25, 0.3) is 5.91 Å². The molecule has 3 aromatic rings. The summed E-state index contributed by atoms with van der Waals surface area (Å²) < 4.78 is 3.16. The topological polar surface area (TPSA) is 32.7 Å². The molecule has 0 aromatic heterocycles. The number of hydrogen-bond acceptors (Lipinski definition) is 2. The van der Waals surface area contributed by atoms with Gasteiger partial charge in [-0.25, -0.2) is 4.99 Å². The standard InChI is InChI=1S/C18H6Br4N2O/c19-13-11-12(14(20)16(22)15(13)21)18(25)24-9-6-2-4-7-3-1-5-8(10(7)9)23-17(11)24/h1-6H. The minimum Gasteiger partial charge on any atom is -0.268 e. The number of hydrogen-bond donors (Lipinski definition) is 0. The maximum atomic E-state index is 13.3. The first kappa shape index (κ1) is 16.2. The number of anilines is 1. The van der Waals surface area contributed by atoms with Gasteiger partial charge in [0.1, 0.15) is 5.84 Å². The highest BCUT2D eigenvalue weighted by atomic mass is 79.9. The highest BCUT2D eigenvalue weighted by Gasteiger charge is 2.42. The lowest BCUT2D eigenvalue weighted by Crippen LogP contribution is -2.31. The zero-order valence-electron chi connectivity index (χ0n) is 12.3. The number of amidine groups is 1. The Hall–Kier alpha value is -1.02. The van der Waals surface area contributed by atoms with Crippen LogP contribution in [0, 0.1) is 0 Å². The fraction of sp³-hybridized carbons (Fsp3) is 0. The second kappa shape index (κ2) is 5.49. The molecule has 3 aromatic carbocycles. The zero-order valence-corrected chi connectivity index (χ0v) is 18.6. The van der Waals surface area contributed by atoms with E-state index in [2.05, 4.69) is 63.7 Å². The van der Waals surface area contributed by atoms with Crippen molar-refractivity contribution in [3.63, 3.8) is 0 Å². The normalized spacial score (nSPS) is 14.6. The van der Waals surface area contributed by atoms with Crippen LogP contribution in [0.15, 0.2) is 59.3 Å². The van der Waals surface area contributed by atoms with Crippen LogP contribution in [0.2, 0.25) is 0 Å². The molecule has 0 fully saturated rings. The van der Waals surface area contributed by atoms with E-state index >= 15 is 0 Å². The van der Waals surface area contributed by atoms with Crippen molar-refractivity contribution >= 4 is 97.6 Å². The third-order valence-electron chi connectivity index (χ3n) is 4.45. The van der Waals surface area contributed by atoms with E-state index in [0.29, 0.717) is 11.4 Å². The molecule has 122 valence electrons. The molecule has 5 rings (SSSR count). The first-order valence-corrected chi connectivity index (χ1v) is 10.5. The summed E-state index contributed by atoms with van der Waals surface area (Å²) in [5, 5.41) is 2.07. The monoisotopic (exact) mass is 582 g/mol. The van der Waals surface area contributed by atoms with E-state index in [1.165, 1.54) is 0 Å². The van der Waals surface area contributed by atoms with E-state index < -0.39 is 0 Å². The number of carbonyl (C=O) groups is 1. The van der Waals surface area contributed by atoms with Crippen LogP contribution < -0.4 is 4.90 Å². The molecule has 1 amide bonds. The van der Waals surface area contributed by atoms with Crippen molar-refractivity contribution in [2.75, 3.05) is 4.90 Å². The molecule has 2 aliphatic heterocycles. The van der Waals surface area contributed by atoms with Gasteiger partial charge in [0.05, 0.1) is 16.9 Å². The lowest BCUT2D eigenvalue weighted by Gasteiger charge is -2.24. The minimum absolute atomic E-state index is 0.0865. The van der Waals surface area contributed by atoms with E-state index in [9.17, 15) is 4.79 Å². The van der Waals surface area contributed by atoms with E-state index in [0.717, 1.165) is 45.6 Å². The van der Waals surface area contributed by atoms with Gasteiger partial charge in [-0.1, -0.05) is 24.3 Å². The summed E-state index contributed by atoms with van der Waals surface area (Å²) in [4.78, 5) is 19.8. The molecule has 0 unspecified atom stereocenters. The lowest BCUT2D eigenvalue weighted by molar-refractivity contribution is 0.101. The van der Waals surface area contributed by atoms with Crippen LogP contribution >= 0.6 is 63.7 Å². The summed E-state index contributed by atoms with van der Waals surface area (Å²) in [6.07, 6.45) is 0. The number of amides is 1. The molecule has 0 radical (unpaired) electrons. The minimum atomic E-state index is -0.0865. The number of nitrogens with zero attached hydrogens (tertiary/aromatic N) is 2. The van der Waals surface area contributed by atoms with Crippen molar-refractivity contribution in [2.45, 2.75) is 0 Å². The molecule has 25 heavy (non-hydrogen) atoms. The quantitative estimate of drug-likeness (QED) is 0.208. The third-order valence-corrected chi connectivity index (χ3v) is 9.22. The highest BCUT2D eigenvalue weighted by molar-refractivity contribution is 9.15. The highest BCUT2D eigenvalue weighted by Crippen LogP contribution is 2.49. The van der Waals surface area contributed by atoms with Crippen molar-refractivity contribution in [2.24, 2.45) is 4.99 Å². The maximum absolute atomic E-state index is 13.3. The third kappa shape index (κ3) is 2.01. The molecule has 0 spiro atoms. The van der Waals surface area contributed by atoms with E-state index in [-0.39, 0.29) is 5.91 Å². The summed E-state index contributed by atoms with van der Waals surface area (Å²) in [6.45, 7) is 0. The Labute approximate surface area is 176 Å². The summed E-state index contributed by atoms with van der Waals surface area (Å²) >= 11 is 14.3. The Morgan fingerprint density at radius 3 is 2.16 bits per heavy atom. The average molecular weight is 586 g/mol. The second-order valence-corrected chi connectivity index (χ2v) is 8.91. The number of carbonyl (C=O) groups excluding carboxylic acids is 1. The molecular weight excluding hydrogens is 580 g/mol. The van der Waals surface area contributed by atoms with Gasteiger partial charge in [0, 0.05) is 28.8 Å². The van der Waals surface area contributed by atoms with Crippen LogP contribution in [-0.2, 0) is 0 Å². The summed E-state index contributed by atoms with van der Waals surface area (Å²) in [7, 11) is 0. The molecule has 0 saturated carbocycles. The zero-order chi connectivity index (χ0) is 17.5. The van der Waals surface area contributed by atoms with Gasteiger partial charge in [0.15, 0.2) is 0 Å². The Morgan fingerprint density at radius 1 is 0.800 bits per heavy atom. The average Bonchev–Trinajstić information content (AvgIpc) is 2.91. The maximum Gasteiger partial charge on any atom is 0.266 e. The molecular formula is C18H6Br4N2O. The van der Waals surface area contributed by atoms with Crippen molar-refractivity contribution in [1.29, 1.82) is 0 Å². The van der Waals surface area contributed by atoms with E-state index in [4.69, 9.17) is 4.99 Å². The van der Waals surface area contributed by atoms with Gasteiger partial charge in [-0.05, 0) is 81.2 Å².